The Bertz CT molecular complexity index is 1290. The van der Waals surface area contributed by atoms with Gasteiger partial charge in [-0.25, -0.2) is 0 Å². The van der Waals surface area contributed by atoms with E-state index >= 15 is 0 Å². The number of aliphatic hydroxyl groups excluding tert-OH is 1. The number of amides is 1. The number of aromatic nitrogens is 1. The predicted molar refractivity (Wildman–Crippen MR) is 118 cm³/mol. The molecule has 1 aliphatic heterocycles. The maximum Gasteiger partial charge on any atom is 0.573 e. The zero-order valence-electron chi connectivity index (χ0n) is 18.1. The molecule has 3 aromatic rings. The number of hydrogen-bond acceptors (Lipinski definition) is 5. The van der Waals surface area contributed by atoms with Crippen LogP contribution in [0, 0.1) is 13.8 Å². The molecule has 1 saturated heterocycles. The topological polar surface area (TPSA) is 79.7 Å². The van der Waals surface area contributed by atoms with Gasteiger partial charge in [0.1, 0.15) is 17.6 Å². The number of pyridine rings is 1. The third-order valence-electron chi connectivity index (χ3n) is 5.54. The Labute approximate surface area is 192 Å². The second-order valence-corrected chi connectivity index (χ2v) is 7.76. The molecular weight excluding hydrogens is 449 g/mol. The molecule has 0 radical (unpaired) electrons. The molecule has 1 atom stereocenters. The van der Waals surface area contributed by atoms with E-state index in [9.17, 15) is 27.9 Å². The monoisotopic (exact) mass is 468 g/mol. The van der Waals surface area contributed by atoms with Crippen LogP contribution in [0.25, 0.3) is 5.76 Å². The summed E-state index contributed by atoms with van der Waals surface area (Å²) in [5.74, 6) is -2.71. The van der Waals surface area contributed by atoms with Crippen LogP contribution in [0.15, 0.2) is 72.4 Å². The molecule has 2 aromatic carbocycles. The second-order valence-electron chi connectivity index (χ2n) is 7.76. The highest BCUT2D eigenvalue weighted by Gasteiger charge is 2.47. The summed E-state index contributed by atoms with van der Waals surface area (Å²) < 4.78 is 41.4. The van der Waals surface area contributed by atoms with E-state index in [0.717, 1.165) is 28.2 Å². The van der Waals surface area contributed by atoms with Crippen molar-refractivity contribution in [3.8, 4) is 5.75 Å². The number of anilines is 1. The van der Waals surface area contributed by atoms with Gasteiger partial charge in [0, 0.05) is 17.4 Å². The summed E-state index contributed by atoms with van der Waals surface area (Å²) in [5, 5.41) is 11.1. The van der Waals surface area contributed by atoms with Crippen LogP contribution in [0.5, 0.6) is 5.75 Å². The molecule has 0 saturated carbocycles. The maximum atomic E-state index is 13.1. The van der Waals surface area contributed by atoms with Gasteiger partial charge in [-0.15, -0.1) is 13.2 Å². The van der Waals surface area contributed by atoms with E-state index in [1.165, 1.54) is 18.3 Å². The van der Waals surface area contributed by atoms with Crippen molar-refractivity contribution in [2.75, 3.05) is 4.90 Å². The molecule has 0 bridgehead atoms. The van der Waals surface area contributed by atoms with Gasteiger partial charge in [0.05, 0.1) is 11.3 Å². The molecule has 1 fully saturated rings. The van der Waals surface area contributed by atoms with E-state index in [4.69, 9.17) is 0 Å². The first-order valence-electron chi connectivity index (χ1n) is 10.2. The van der Waals surface area contributed by atoms with Crippen LogP contribution in [0.2, 0.25) is 0 Å². The molecule has 1 aliphatic rings. The fraction of sp³-hybridized carbons (Fsp3) is 0.160. The first-order valence-corrected chi connectivity index (χ1v) is 10.2. The Kier molecular flexibility index (Phi) is 5.87. The standard InChI is InChI=1S/C25H19F3N2O4/c1-14-6-7-16(13-15(14)2)22(31)20-21(19-5-3-4-12-29-19)30(24(33)23(20)32)17-8-10-18(11-9-17)34-25(26,27)28/h3-13,21,31H,1-2H3/b22-20-. The van der Waals surface area contributed by atoms with Crippen molar-refractivity contribution in [2.24, 2.45) is 0 Å². The summed E-state index contributed by atoms with van der Waals surface area (Å²) in [6, 6.07) is 13.5. The van der Waals surface area contributed by atoms with Gasteiger partial charge in [0.25, 0.3) is 11.7 Å². The average Bonchev–Trinajstić information content (AvgIpc) is 3.06. The lowest BCUT2D eigenvalue weighted by Gasteiger charge is -2.24. The zero-order valence-corrected chi connectivity index (χ0v) is 18.1. The second kappa shape index (κ2) is 8.66. The van der Waals surface area contributed by atoms with Gasteiger partial charge in [-0.2, -0.15) is 0 Å². The number of benzene rings is 2. The third kappa shape index (κ3) is 4.36. The molecule has 174 valence electrons. The number of alkyl halides is 3. The Morgan fingerprint density at radius 2 is 1.71 bits per heavy atom. The first-order chi connectivity index (χ1) is 16.1. The van der Waals surface area contributed by atoms with Crippen LogP contribution in [0.4, 0.5) is 18.9 Å². The summed E-state index contributed by atoms with van der Waals surface area (Å²) in [7, 11) is 0. The van der Waals surface area contributed by atoms with Crippen molar-refractivity contribution in [1.82, 2.24) is 4.98 Å². The molecule has 1 aromatic heterocycles. The van der Waals surface area contributed by atoms with Crippen molar-refractivity contribution < 1.29 is 32.6 Å². The Morgan fingerprint density at radius 3 is 2.29 bits per heavy atom. The van der Waals surface area contributed by atoms with Crippen molar-refractivity contribution in [1.29, 1.82) is 0 Å². The van der Waals surface area contributed by atoms with Crippen molar-refractivity contribution in [3.05, 3.63) is 94.8 Å². The van der Waals surface area contributed by atoms with E-state index in [2.05, 4.69) is 9.72 Å². The summed E-state index contributed by atoms with van der Waals surface area (Å²) in [5.41, 5.74) is 2.51. The maximum absolute atomic E-state index is 13.1. The number of halogens is 3. The number of ketones is 1. The molecule has 2 heterocycles. The highest BCUT2D eigenvalue weighted by molar-refractivity contribution is 6.51. The van der Waals surface area contributed by atoms with Crippen molar-refractivity contribution in [2.45, 2.75) is 26.3 Å². The lowest BCUT2D eigenvalue weighted by atomic mass is 9.96. The van der Waals surface area contributed by atoms with Crippen LogP contribution in [-0.4, -0.2) is 28.1 Å². The molecule has 34 heavy (non-hydrogen) atoms. The van der Waals surface area contributed by atoms with Gasteiger partial charge in [-0.1, -0.05) is 18.2 Å². The van der Waals surface area contributed by atoms with Crippen LogP contribution >= 0.6 is 0 Å². The molecule has 0 spiro atoms. The highest BCUT2D eigenvalue weighted by Crippen LogP contribution is 2.42. The Balaban J connectivity index is 1.85. The van der Waals surface area contributed by atoms with Gasteiger partial charge in [-0.3, -0.25) is 19.5 Å². The quantitative estimate of drug-likeness (QED) is 0.323. The Morgan fingerprint density at radius 1 is 1.00 bits per heavy atom. The van der Waals surface area contributed by atoms with Crippen LogP contribution in [0.3, 0.4) is 0 Å². The number of aryl methyl sites for hydroxylation is 2. The molecule has 9 heteroatoms. The number of hydrogen-bond donors (Lipinski definition) is 1. The minimum Gasteiger partial charge on any atom is -0.507 e. The molecular formula is C25H19F3N2O4. The first kappa shape index (κ1) is 23.0. The van der Waals surface area contributed by atoms with Gasteiger partial charge >= 0.3 is 6.36 Å². The normalized spacial score (nSPS) is 17.8. The molecule has 6 nitrogen and oxygen atoms in total. The van der Waals surface area contributed by atoms with E-state index < -0.39 is 29.8 Å². The van der Waals surface area contributed by atoms with Crippen LogP contribution in [-0.2, 0) is 9.59 Å². The summed E-state index contributed by atoms with van der Waals surface area (Å²) in [4.78, 5) is 31.5. The zero-order chi connectivity index (χ0) is 24.6. The van der Waals surface area contributed by atoms with Gasteiger partial charge in [-0.05, 0) is 67.4 Å². The number of ether oxygens (including phenoxy) is 1. The van der Waals surface area contributed by atoms with Gasteiger partial charge < -0.3 is 9.84 Å². The number of nitrogens with zero attached hydrogens (tertiary/aromatic N) is 2. The lowest BCUT2D eigenvalue weighted by Crippen LogP contribution is -2.29. The summed E-state index contributed by atoms with van der Waals surface area (Å²) in [6.45, 7) is 3.75. The van der Waals surface area contributed by atoms with Crippen LogP contribution in [0.1, 0.15) is 28.4 Å². The van der Waals surface area contributed by atoms with Crippen LogP contribution < -0.4 is 9.64 Å². The average molecular weight is 468 g/mol. The fourth-order valence-electron chi connectivity index (χ4n) is 3.77. The number of aliphatic hydroxyl groups is 1. The van der Waals surface area contributed by atoms with Crippen molar-refractivity contribution >= 4 is 23.1 Å². The number of Topliss-reactive ketones (excluding diaryl/α,β-unsaturated/α-hetero) is 1. The molecule has 1 N–H and O–H groups in total. The van der Waals surface area contributed by atoms with E-state index in [-0.39, 0.29) is 17.0 Å². The van der Waals surface area contributed by atoms with Crippen molar-refractivity contribution in [3.63, 3.8) is 0 Å². The molecule has 1 amide bonds. The summed E-state index contributed by atoms with van der Waals surface area (Å²) >= 11 is 0. The fourth-order valence-corrected chi connectivity index (χ4v) is 3.77. The largest absolute Gasteiger partial charge is 0.573 e. The predicted octanol–water partition coefficient (Wildman–Crippen LogP) is 5.22. The number of carbonyl (C=O) groups is 2. The van der Waals surface area contributed by atoms with Gasteiger partial charge in [0.2, 0.25) is 0 Å². The highest BCUT2D eigenvalue weighted by atomic mass is 19.4. The SMILES string of the molecule is Cc1ccc(/C(O)=C2/C(=O)C(=O)N(c3ccc(OC(F)(F)F)cc3)C2c2ccccn2)cc1C. The van der Waals surface area contributed by atoms with E-state index in [0.29, 0.717) is 11.3 Å². The lowest BCUT2D eigenvalue weighted by molar-refractivity contribution is -0.274. The number of rotatable bonds is 4. The third-order valence-corrected chi connectivity index (χ3v) is 5.54. The van der Waals surface area contributed by atoms with Gasteiger partial charge in [0.15, 0.2) is 0 Å². The molecule has 0 aliphatic carbocycles. The van der Waals surface area contributed by atoms with E-state index in [1.807, 2.05) is 13.8 Å². The minimum absolute atomic E-state index is 0.145. The van der Waals surface area contributed by atoms with E-state index in [1.54, 1.807) is 36.4 Å². The Hall–Kier alpha value is -4.14. The smallest absolute Gasteiger partial charge is 0.507 e. The number of carbonyl (C=O) groups excluding carboxylic acids is 2. The molecule has 4 rings (SSSR count). The minimum atomic E-state index is -4.87. The molecule has 1 unspecified atom stereocenters. The summed E-state index contributed by atoms with van der Waals surface area (Å²) in [6.07, 6.45) is -3.39.